The van der Waals surface area contributed by atoms with Gasteiger partial charge in [-0.2, -0.15) is 0 Å². The van der Waals surface area contributed by atoms with Crippen LogP contribution in [-0.4, -0.2) is 23.8 Å². The maximum Gasteiger partial charge on any atom is 0.347 e. The Balaban J connectivity index is 1.90. The van der Waals surface area contributed by atoms with Crippen molar-refractivity contribution in [1.82, 2.24) is 0 Å². The Morgan fingerprint density at radius 1 is 1.04 bits per heavy atom. The normalized spacial score (nSPS) is 11.2. The Kier molecular flexibility index (Phi) is 4.77. The van der Waals surface area contributed by atoms with Crippen molar-refractivity contribution in [3.05, 3.63) is 59.0 Å². The summed E-state index contributed by atoms with van der Waals surface area (Å²) in [6, 6.07) is 11.3. The van der Waals surface area contributed by atoms with E-state index in [0.717, 1.165) is 0 Å². The molecule has 0 saturated heterocycles. The summed E-state index contributed by atoms with van der Waals surface area (Å²) in [5, 5.41) is 9.44. The summed E-state index contributed by atoms with van der Waals surface area (Å²) < 4.78 is 21.6. The number of hydrogen-bond acceptors (Lipinski definition) is 6. The minimum atomic E-state index is -1.41. The SMILES string of the molecule is COc1ccc(Oc2coc3cc(OC(C)(C)C(=O)O)ccc3c2=O)cc1. The lowest BCUT2D eigenvalue weighted by Gasteiger charge is -2.21. The van der Waals surface area contributed by atoms with Gasteiger partial charge in [0, 0.05) is 6.07 Å². The molecule has 0 atom stereocenters. The average molecular weight is 370 g/mol. The molecule has 7 heteroatoms. The molecule has 0 fully saturated rings. The molecule has 0 aliphatic carbocycles. The highest BCUT2D eigenvalue weighted by molar-refractivity contribution is 5.80. The van der Waals surface area contributed by atoms with Gasteiger partial charge in [-0.15, -0.1) is 0 Å². The topological polar surface area (TPSA) is 95.2 Å². The van der Waals surface area contributed by atoms with Gasteiger partial charge in [0.15, 0.2) is 5.60 Å². The van der Waals surface area contributed by atoms with Crippen molar-refractivity contribution in [2.45, 2.75) is 19.4 Å². The third-order valence-corrected chi connectivity index (χ3v) is 3.89. The van der Waals surface area contributed by atoms with Gasteiger partial charge in [0.05, 0.1) is 12.5 Å². The van der Waals surface area contributed by atoms with Crippen LogP contribution in [0.1, 0.15) is 13.8 Å². The van der Waals surface area contributed by atoms with Crippen molar-refractivity contribution in [2.75, 3.05) is 7.11 Å². The van der Waals surface area contributed by atoms with Crippen molar-refractivity contribution >= 4 is 16.9 Å². The third-order valence-electron chi connectivity index (χ3n) is 3.89. The number of carboxylic acids is 1. The number of ether oxygens (including phenoxy) is 3. The number of benzene rings is 2. The largest absolute Gasteiger partial charge is 0.497 e. The first-order valence-electron chi connectivity index (χ1n) is 8.10. The number of rotatable bonds is 6. The first-order chi connectivity index (χ1) is 12.8. The highest BCUT2D eigenvalue weighted by atomic mass is 16.5. The van der Waals surface area contributed by atoms with E-state index in [1.165, 1.54) is 38.3 Å². The molecule has 1 N–H and O–H groups in total. The molecule has 0 aliphatic rings. The fourth-order valence-corrected chi connectivity index (χ4v) is 2.33. The molecule has 0 saturated carbocycles. The van der Waals surface area contributed by atoms with Crippen LogP contribution < -0.4 is 19.6 Å². The van der Waals surface area contributed by atoms with E-state index < -0.39 is 11.6 Å². The standard InChI is InChI=1S/C20H18O7/c1-20(2,19(22)23)27-14-8-9-15-16(10-14)25-11-17(18(15)21)26-13-6-4-12(24-3)5-7-13/h4-11H,1-3H3,(H,22,23). The molecule has 0 amide bonds. The fourth-order valence-electron chi connectivity index (χ4n) is 2.33. The smallest absolute Gasteiger partial charge is 0.347 e. The van der Waals surface area contributed by atoms with Crippen molar-refractivity contribution in [3.63, 3.8) is 0 Å². The van der Waals surface area contributed by atoms with E-state index in [0.29, 0.717) is 16.9 Å². The number of carbonyl (C=O) groups is 1. The van der Waals surface area contributed by atoms with Crippen molar-refractivity contribution in [2.24, 2.45) is 0 Å². The van der Waals surface area contributed by atoms with Gasteiger partial charge >= 0.3 is 5.97 Å². The predicted molar refractivity (Wildman–Crippen MR) is 97.9 cm³/mol. The van der Waals surface area contributed by atoms with Gasteiger partial charge in [-0.05, 0) is 50.2 Å². The second-order valence-corrected chi connectivity index (χ2v) is 6.28. The van der Waals surface area contributed by atoms with Crippen LogP contribution in [0.15, 0.2) is 57.9 Å². The van der Waals surface area contributed by atoms with Crippen molar-refractivity contribution in [3.8, 4) is 23.0 Å². The summed E-state index contributed by atoms with van der Waals surface area (Å²) >= 11 is 0. The highest BCUT2D eigenvalue weighted by Gasteiger charge is 2.29. The van der Waals surface area contributed by atoms with Crippen LogP contribution in [0.4, 0.5) is 0 Å². The van der Waals surface area contributed by atoms with Gasteiger partial charge in [-0.25, -0.2) is 4.79 Å². The molecule has 3 aromatic rings. The number of hydrogen-bond donors (Lipinski definition) is 1. The fraction of sp³-hybridized carbons (Fsp3) is 0.200. The van der Waals surface area contributed by atoms with Crippen LogP contribution in [0.5, 0.6) is 23.0 Å². The zero-order valence-corrected chi connectivity index (χ0v) is 15.0. The van der Waals surface area contributed by atoms with E-state index in [9.17, 15) is 9.59 Å². The lowest BCUT2D eigenvalue weighted by Crippen LogP contribution is -2.37. The van der Waals surface area contributed by atoms with Crippen LogP contribution in [0.2, 0.25) is 0 Å². The van der Waals surface area contributed by atoms with E-state index in [1.807, 2.05) is 0 Å². The first-order valence-corrected chi connectivity index (χ1v) is 8.10. The Hall–Kier alpha value is -3.48. The number of methoxy groups -OCH3 is 1. The summed E-state index contributed by atoms with van der Waals surface area (Å²) in [4.78, 5) is 23.8. The summed E-state index contributed by atoms with van der Waals surface area (Å²) in [5.41, 5.74) is -1.50. The zero-order chi connectivity index (χ0) is 19.6. The van der Waals surface area contributed by atoms with E-state index in [4.69, 9.17) is 23.7 Å². The molecule has 0 unspecified atom stereocenters. The molecule has 7 nitrogen and oxygen atoms in total. The van der Waals surface area contributed by atoms with E-state index in [1.54, 1.807) is 31.4 Å². The van der Waals surface area contributed by atoms with Crippen LogP contribution >= 0.6 is 0 Å². The van der Waals surface area contributed by atoms with E-state index in [-0.39, 0.29) is 22.5 Å². The molecule has 0 aliphatic heterocycles. The lowest BCUT2D eigenvalue weighted by molar-refractivity contribution is -0.152. The third kappa shape index (κ3) is 3.87. The Bertz CT molecular complexity index is 1030. The molecular weight excluding hydrogens is 352 g/mol. The van der Waals surface area contributed by atoms with Gasteiger partial charge in [0.2, 0.25) is 11.2 Å². The predicted octanol–water partition coefficient (Wildman–Crippen LogP) is 3.84. The molecule has 0 spiro atoms. The maximum absolute atomic E-state index is 12.6. The van der Waals surface area contributed by atoms with Gasteiger partial charge in [-0.1, -0.05) is 0 Å². The molecular formula is C20H18O7. The Morgan fingerprint density at radius 2 is 1.67 bits per heavy atom. The van der Waals surface area contributed by atoms with Crippen molar-refractivity contribution < 1.29 is 28.5 Å². The highest BCUT2D eigenvalue weighted by Crippen LogP contribution is 2.26. The van der Waals surface area contributed by atoms with Gasteiger partial charge in [-0.3, -0.25) is 4.79 Å². The zero-order valence-electron chi connectivity index (χ0n) is 15.0. The molecule has 3 rings (SSSR count). The molecule has 2 aromatic carbocycles. The molecule has 140 valence electrons. The molecule has 27 heavy (non-hydrogen) atoms. The van der Waals surface area contributed by atoms with E-state index >= 15 is 0 Å². The Morgan fingerprint density at radius 3 is 2.30 bits per heavy atom. The molecule has 0 radical (unpaired) electrons. The van der Waals surface area contributed by atoms with Gasteiger partial charge < -0.3 is 23.7 Å². The van der Waals surface area contributed by atoms with Crippen LogP contribution in [0.3, 0.4) is 0 Å². The second-order valence-electron chi connectivity index (χ2n) is 6.28. The molecule has 1 heterocycles. The minimum Gasteiger partial charge on any atom is -0.497 e. The number of fused-ring (bicyclic) bond motifs is 1. The Labute approximate surface area is 154 Å². The summed E-state index contributed by atoms with van der Waals surface area (Å²) in [6.45, 7) is 2.86. The molecule has 1 aromatic heterocycles. The van der Waals surface area contributed by atoms with Crippen LogP contribution in [0, 0.1) is 0 Å². The lowest BCUT2D eigenvalue weighted by atomic mass is 10.1. The van der Waals surface area contributed by atoms with Crippen LogP contribution in [-0.2, 0) is 4.79 Å². The van der Waals surface area contributed by atoms with Gasteiger partial charge in [0.1, 0.15) is 29.1 Å². The van der Waals surface area contributed by atoms with Crippen molar-refractivity contribution in [1.29, 1.82) is 0 Å². The first kappa shape index (κ1) is 18.3. The van der Waals surface area contributed by atoms with Gasteiger partial charge in [0.25, 0.3) is 0 Å². The summed E-state index contributed by atoms with van der Waals surface area (Å²) in [5.74, 6) is 0.344. The number of carboxylic acid groups (broad SMARTS) is 1. The molecule has 0 bridgehead atoms. The van der Waals surface area contributed by atoms with E-state index in [2.05, 4.69) is 0 Å². The monoisotopic (exact) mass is 370 g/mol. The maximum atomic E-state index is 12.6. The summed E-state index contributed by atoms with van der Waals surface area (Å²) in [7, 11) is 1.56. The summed E-state index contributed by atoms with van der Waals surface area (Å²) in [6.07, 6.45) is 1.21. The number of aliphatic carboxylic acids is 1. The average Bonchev–Trinajstić information content (AvgIpc) is 2.64. The quantitative estimate of drug-likeness (QED) is 0.704. The minimum absolute atomic E-state index is 0.0344. The second kappa shape index (κ2) is 7.03. The van der Waals surface area contributed by atoms with Crippen LogP contribution in [0.25, 0.3) is 11.0 Å².